The number of amides is 4. The zero-order valence-corrected chi connectivity index (χ0v) is 17.0. The van der Waals surface area contributed by atoms with Gasteiger partial charge in [-0.25, -0.2) is 4.79 Å². The SMILES string of the molecule is CC(O)C(NC(=O)CNC(=O)C(CCCN=C(N)N)NC(=O)C(N)CC(N)=O)C(=O)O. The van der Waals surface area contributed by atoms with Gasteiger partial charge in [-0.2, -0.15) is 0 Å². The summed E-state index contributed by atoms with van der Waals surface area (Å²) in [6.07, 6.45) is -1.47. The normalized spacial score (nSPS) is 14.3. The average molecular weight is 446 g/mol. The molecule has 0 aliphatic heterocycles. The Kier molecular flexibility index (Phi) is 12.2. The van der Waals surface area contributed by atoms with E-state index in [0.29, 0.717) is 0 Å². The number of hydrogen-bond donors (Lipinski definition) is 9. The van der Waals surface area contributed by atoms with Gasteiger partial charge in [-0.3, -0.25) is 24.2 Å². The number of guanidine groups is 1. The molecular weight excluding hydrogens is 416 g/mol. The second kappa shape index (κ2) is 13.7. The minimum absolute atomic E-state index is 0.0602. The van der Waals surface area contributed by atoms with Crippen molar-refractivity contribution in [3.63, 3.8) is 0 Å². The van der Waals surface area contributed by atoms with E-state index in [-0.39, 0.29) is 25.3 Å². The number of carboxylic acids is 1. The molecule has 0 saturated carbocycles. The van der Waals surface area contributed by atoms with Crippen molar-refractivity contribution in [3.05, 3.63) is 0 Å². The molecule has 0 rings (SSSR count). The summed E-state index contributed by atoms with van der Waals surface area (Å²) in [6, 6.07) is -4.00. The smallest absolute Gasteiger partial charge is 0.328 e. The molecule has 0 fully saturated rings. The van der Waals surface area contributed by atoms with Crippen LogP contribution in [0, 0.1) is 0 Å². The monoisotopic (exact) mass is 446 g/mol. The summed E-state index contributed by atoms with van der Waals surface area (Å²) in [4.78, 5) is 62.1. The van der Waals surface area contributed by atoms with Crippen molar-refractivity contribution in [1.82, 2.24) is 16.0 Å². The fraction of sp³-hybridized carbons (Fsp3) is 0.625. The highest BCUT2D eigenvalue weighted by molar-refractivity contribution is 5.93. The number of hydrogen-bond acceptors (Lipinski definition) is 8. The van der Waals surface area contributed by atoms with E-state index in [1.807, 2.05) is 5.32 Å². The second-order valence-corrected chi connectivity index (χ2v) is 6.63. The minimum atomic E-state index is -1.56. The highest BCUT2D eigenvalue weighted by atomic mass is 16.4. The molecular formula is C16H30N8O7. The summed E-state index contributed by atoms with van der Waals surface area (Å²) in [5, 5.41) is 25.0. The highest BCUT2D eigenvalue weighted by Gasteiger charge is 2.27. The maximum absolute atomic E-state index is 12.4. The van der Waals surface area contributed by atoms with Crippen LogP contribution in [0.1, 0.15) is 26.2 Å². The first-order valence-electron chi connectivity index (χ1n) is 9.22. The number of nitrogens with one attached hydrogen (secondary N) is 3. The third kappa shape index (κ3) is 12.0. The summed E-state index contributed by atoms with van der Waals surface area (Å²) >= 11 is 0. The van der Waals surface area contributed by atoms with E-state index < -0.39 is 66.8 Å². The third-order valence-corrected chi connectivity index (χ3v) is 3.82. The van der Waals surface area contributed by atoms with Crippen LogP contribution in [0.15, 0.2) is 4.99 Å². The summed E-state index contributed by atoms with van der Waals surface area (Å²) in [5.74, 6) is -4.88. The molecule has 176 valence electrons. The van der Waals surface area contributed by atoms with Gasteiger partial charge >= 0.3 is 5.97 Å². The highest BCUT2D eigenvalue weighted by Crippen LogP contribution is 2.01. The maximum atomic E-state index is 12.4. The molecule has 15 heteroatoms. The van der Waals surface area contributed by atoms with E-state index >= 15 is 0 Å². The van der Waals surface area contributed by atoms with Crippen LogP contribution in [0.25, 0.3) is 0 Å². The Hall–Kier alpha value is -3.46. The number of aliphatic hydroxyl groups is 1. The number of nitrogens with zero attached hydrogens (tertiary/aromatic N) is 1. The molecule has 13 N–H and O–H groups in total. The molecule has 31 heavy (non-hydrogen) atoms. The Morgan fingerprint density at radius 2 is 1.65 bits per heavy atom. The van der Waals surface area contributed by atoms with E-state index in [4.69, 9.17) is 28.0 Å². The molecule has 4 atom stereocenters. The van der Waals surface area contributed by atoms with Crippen molar-refractivity contribution >= 4 is 35.6 Å². The van der Waals surface area contributed by atoms with E-state index in [1.165, 1.54) is 6.92 Å². The lowest BCUT2D eigenvalue weighted by Crippen LogP contribution is -2.54. The van der Waals surface area contributed by atoms with Crippen molar-refractivity contribution in [2.24, 2.45) is 27.9 Å². The fourth-order valence-corrected chi connectivity index (χ4v) is 2.26. The number of aliphatic imine (C=N–C) groups is 1. The van der Waals surface area contributed by atoms with Gasteiger partial charge < -0.3 is 49.1 Å². The van der Waals surface area contributed by atoms with Gasteiger partial charge in [0.05, 0.1) is 25.1 Å². The van der Waals surface area contributed by atoms with E-state index in [1.54, 1.807) is 0 Å². The van der Waals surface area contributed by atoms with Gasteiger partial charge in [-0.15, -0.1) is 0 Å². The average Bonchev–Trinajstić information content (AvgIpc) is 2.64. The Morgan fingerprint density at radius 3 is 2.13 bits per heavy atom. The maximum Gasteiger partial charge on any atom is 0.328 e. The van der Waals surface area contributed by atoms with Gasteiger partial charge in [0.25, 0.3) is 0 Å². The molecule has 0 aliphatic rings. The van der Waals surface area contributed by atoms with Crippen molar-refractivity contribution in [1.29, 1.82) is 0 Å². The fourth-order valence-electron chi connectivity index (χ4n) is 2.26. The number of carbonyl (C=O) groups excluding carboxylic acids is 4. The summed E-state index contributed by atoms with van der Waals surface area (Å²) < 4.78 is 0. The number of carbonyl (C=O) groups is 5. The van der Waals surface area contributed by atoms with E-state index in [2.05, 4.69) is 15.6 Å². The van der Waals surface area contributed by atoms with Crippen molar-refractivity contribution in [3.8, 4) is 0 Å². The molecule has 15 nitrogen and oxygen atoms in total. The molecule has 0 aliphatic carbocycles. The van der Waals surface area contributed by atoms with Crippen molar-refractivity contribution < 1.29 is 34.2 Å². The largest absolute Gasteiger partial charge is 0.480 e. The molecule has 0 saturated heterocycles. The topological polar surface area (TPSA) is 278 Å². The number of nitrogens with two attached hydrogens (primary N) is 4. The Morgan fingerprint density at radius 1 is 1.03 bits per heavy atom. The summed E-state index contributed by atoms with van der Waals surface area (Å²) in [5.41, 5.74) is 21.0. The quantitative estimate of drug-likeness (QED) is 0.0694. The molecule has 0 aromatic carbocycles. The van der Waals surface area contributed by atoms with Gasteiger partial charge in [-0.05, 0) is 19.8 Å². The number of aliphatic hydroxyl groups excluding tert-OH is 1. The number of carboxylic acid groups (broad SMARTS) is 1. The molecule has 0 radical (unpaired) electrons. The number of primary amides is 1. The first-order chi connectivity index (χ1) is 14.3. The lowest BCUT2D eigenvalue weighted by Gasteiger charge is -2.21. The van der Waals surface area contributed by atoms with Crippen LogP contribution in [0.3, 0.4) is 0 Å². The molecule has 4 amide bonds. The zero-order chi connectivity index (χ0) is 24.1. The lowest BCUT2D eigenvalue weighted by atomic mass is 10.1. The van der Waals surface area contributed by atoms with Gasteiger partial charge in [-0.1, -0.05) is 0 Å². The predicted octanol–water partition coefficient (Wildman–Crippen LogP) is -5.21. The predicted molar refractivity (Wildman–Crippen MR) is 108 cm³/mol. The lowest BCUT2D eigenvalue weighted by molar-refractivity contribution is -0.144. The van der Waals surface area contributed by atoms with Gasteiger partial charge in [0.15, 0.2) is 12.0 Å². The Balaban J connectivity index is 4.99. The Labute approximate surface area is 178 Å². The molecule has 0 aromatic rings. The Bertz CT molecular complexity index is 693. The first-order valence-corrected chi connectivity index (χ1v) is 9.22. The zero-order valence-electron chi connectivity index (χ0n) is 17.0. The summed E-state index contributed by atoms with van der Waals surface area (Å²) in [6.45, 7) is 0.711. The van der Waals surface area contributed by atoms with Gasteiger partial charge in [0.1, 0.15) is 6.04 Å². The van der Waals surface area contributed by atoms with Crippen LogP contribution in [-0.2, 0) is 24.0 Å². The van der Waals surface area contributed by atoms with Crippen LogP contribution in [0.5, 0.6) is 0 Å². The first kappa shape index (κ1) is 27.5. The van der Waals surface area contributed by atoms with Crippen LogP contribution < -0.4 is 38.9 Å². The van der Waals surface area contributed by atoms with Gasteiger partial charge in [0, 0.05) is 6.54 Å². The van der Waals surface area contributed by atoms with E-state index in [9.17, 15) is 29.1 Å². The minimum Gasteiger partial charge on any atom is -0.480 e. The van der Waals surface area contributed by atoms with E-state index in [0.717, 1.165) is 0 Å². The third-order valence-electron chi connectivity index (χ3n) is 3.82. The van der Waals surface area contributed by atoms with Crippen LogP contribution >= 0.6 is 0 Å². The standard InChI is InChI=1S/C16H30N8O7/c1-7(25)12(15(30)31)24-11(27)6-22-14(29)9(3-2-4-21-16(19)20)23-13(28)8(17)5-10(18)26/h7-9,12,25H,2-6,17H2,1H3,(H2,18,26)(H,22,29)(H,23,28)(H,24,27)(H,30,31)(H4,19,20,21). The molecule has 0 heterocycles. The van der Waals surface area contributed by atoms with Gasteiger partial charge in [0.2, 0.25) is 23.6 Å². The second-order valence-electron chi connectivity index (χ2n) is 6.63. The number of rotatable bonds is 14. The van der Waals surface area contributed by atoms with Crippen molar-refractivity contribution in [2.45, 2.75) is 50.4 Å². The van der Waals surface area contributed by atoms with Crippen LogP contribution in [0.2, 0.25) is 0 Å². The van der Waals surface area contributed by atoms with Crippen molar-refractivity contribution in [2.75, 3.05) is 13.1 Å². The van der Waals surface area contributed by atoms with Crippen LogP contribution in [-0.4, -0.2) is 83.1 Å². The molecule has 0 aromatic heterocycles. The summed E-state index contributed by atoms with van der Waals surface area (Å²) in [7, 11) is 0. The molecule has 4 unspecified atom stereocenters. The molecule has 0 spiro atoms. The van der Waals surface area contributed by atoms with Crippen LogP contribution in [0.4, 0.5) is 0 Å². The molecule has 0 bridgehead atoms. The number of aliphatic carboxylic acids is 1.